The van der Waals surface area contributed by atoms with Crippen LogP contribution in [0.2, 0.25) is 0 Å². The van der Waals surface area contributed by atoms with Gasteiger partial charge in [-0.05, 0) is 93.9 Å². The number of H-pyrrole nitrogens is 1. The molecule has 3 aromatic carbocycles. The minimum atomic E-state index is -0.435. The molecule has 236 valence electrons. The van der Waals surface area contributed by atoms with E-state index in [0.717, 1.165) is 60.9 Å². The lowest BCUT2D eigenvalue weighted by Gasteiger charge is -2.25. The molecule has 4 heterocycles. The maximum Gasteiger partial charge on any atom is 0.270 e. The number of hydrogen-bond acceptors (Lipinski definition) is 7. The zero-order valence-corrected chi connectivity index (χ0v) is 25.9. The van der Waals surface area contributed by atoms with Crippen LogP contribution in [0.1, 0.15) is 55.2 Å². The van der Waals surface area contributed by atoms with Crippen LogP contribution in [0.5, 0.6) is 0 Å². The molecule has 4 aromatic rings. The number of piperidine rings is 1. The van der Waals surface area contributed by atoms with Crippen molar-refractivity contribution in [1.82, 2.24) is 14.9 Å². The fourth-order valence-electron chi connectivity index (χ4n) is 6.74. The highest BCUT2D eigenvalue weighted by atomic mass is 16.6. The Kier molecular flexibility index (Phi) is 8.52. The van der Waals surface area contributed by atoms with E-state index in [9.17, 15) is 14.9 Å². The van der Waals surface area contributed by atoms with Crippen LogP contribution in [0.15, 0.2) is 72.9 Å². The van der Waals surface area contributed by atoms with Gasteiger partial charge in [-0.15, -0.1) is 0 Å². The number of rotatable bonds is 10. The summed E-state index contributed by atoms with van der Waals surface area (Å²) in [4.78, 5) is 37.6. The number of carbonyl (C=O) groups excluding carboxylic acids is 1. The van der Waals surface area contributed by atoms with E-state index in [1.165, 1.54) is 62.9 Å². The van der Waals surface area contributed by atoms with Crippen LogP contribution in [0, 0.1) is 10.1 Å². The molecule has 0 spiro atoms. The predicted octanol–water partition coefficient (Wildman–Crippen LogP) is 6.94. The summed E-state index contributed by atoms with van der Waals surface area (Å²) in [6.07, 6.45) is 10.3. The van der Waals surface area contributed by atoms with Gasteiger partial charge in [0.2, 0.25) is 5.95 Å². The summed E-state index contributed by atoms with van der Waals surface area (Å²) >= 11 is 0. The van der Waals surface area contributed by atoms with Crippen molar-refractivity contribution >= 4 is 40.2 Å². The molecule has 2 saturated heterocycles. The van der Waals surface area contributed by atoms with E-state index in [1.54, 1.807) is 6.07 Å². The van der Waals surface area contributed by atoms with Gasteiger partial charge in [0, 0.05) is 53.9 Å². The maximum atomic E-state index is 13.4. The third-order valence-corrected chi connectivity index (χ3v) is 9.26. The Morgan fingerprint density at radius 3 is 2.39 bits per heavy atom. The topological polar surface area (TPSA) is 119 Å². The van der Waals surface area contributed by atoms with Crippen LogP contribution in [0.3, 0.4) is 0 Å². The fraction of sp³-hybridized carbons (Fsp3) is 0.333. The van der Waals surface area contributed by atoms with Gasteiger partial charge in [0.05, 0.1) is 21.9 Å². The molecule has 0 saturated carbocycles. The van der Waals surface area contributed by atoms with Crippen LogP contribution in [-0.4, -0.2) is 58.4 Å². The number of imidazole rings is 1. The average molecular weight is 618 g/mol. The molecular weight excluding hydrogens is 578 g/mol. The lowest BCUT2D eigenvalue weighted by molar-refractivity contribution is -0.384. The van der Waals surface area contributed by atoms with Crippen LogP contribution < -0.4 is 15.5 Å². The lowest BCUT2D eigenvalue weighted by Crippen LogP contribution is -2.30. The number of aryl methyl sites for hydroxylation is 1. The number of nitro benzene ring substituents is 1. The van der Waals surface area contributed by atoms with E-state index in [-0.39, 0.29) is 11.6 Å². The summed E-state index contributed by atoms with van der Waals surface area (Å²) in [6, 6.07) is 20.7. The van der Waals surface area contributed by atoms with Crippen molar-refractivity contribution in [3.63, 3.8) is 0 Å². The van der Waals surface area contributed by atoms with Gasteiger partial charge in [0.25, 0.3) is 11.6 Å². The second-order valence-electron chi connectivity index (χ2n) is 12.4. The average Bonchev–Trinajstić information content (AvgIpc) is 3.85. The maximum absolute atomic E-state index is 13.4. The molecule has 3 aliphatic heterocycles. The summed E-state index contributed by atoms with van der Waals surface area (Å²) in [5, 5.41) is 18.0. The number of non-ortho nitro benzene ring substituents is 1. The number of amides is 1. The summed E-state index contributed by atoms with van der Waals surface area (Å²) < 4.78 is 0. The van der Waals surface area contributed by atoms with Crippen LogP contribution in [0.25, 0.3) is 22.5 Å². The highest BCUT2D eigenvalue weighted by Crippen LogP contribution is 2.39. The van der Waals surface area contributed by atoms with Crippen LogP contribution in [-0.2, 0) is 11.2 Å². The van der Waals surface area contributed by atoms with E-state index < -0.39 is 4.92 Å². The Hall–Kier alpha value is -4.96. The third-order valence-electron chi connectivity index (χ3n) is 9.26. The molecule has 1 aromatic heterocycles. The Morgan fingerprint density at radius 1 is 0.913 bits per heavy atom. The predicted molar refractivity (Wildman–Crippen MR) is 183 cm³/mol. The van der Waals surface area contributed by atoms with Gasteiger partial charge in [0.15, 0.2) is 0 Å². The molecule has 0 aliphatic carbocycles. The Balaban J connectivity index is 1.17. The molecule has 46 heavy (non-hydrogen) atoms. The van der Waals surface area contributed by atoms with Gasteiger partial charge in [-0.1, -0.05) is 36.4 Å². The first kappa shape index (κ1) is 29.7. The zero-order chi connectivity index (χ0) is 31.5. The third kappa shape index (κ3) is 6.39. The van der Waals surface area contributed by atoms with Gasteiger partial charge in [0.1, 0.15) is 0 Å². The first-order chi connectivity index (χ1) is 22.5. The van der Waals surface area contributed by atoms with Gasteiger partial charge in [-0.2, -0.15) is 0 Å². The summed E-state index contributed by atoms with van der Waals surface area (Å²) in [6.45, 7) is 5.55. The summed E-state index contributed by atoms with van der Waals surface area (Å²) in [7, 11) is 0. The van der Waals surface area contributed by atoms with Crippen molar-refractivity contribution in [2.45, 2.75) is 44.9 Å². The van der Waals surface area contributed by atoms with Gasteiger partial charge in [-0.25, -0.2) is 4.98 Å². The number of aromatic amines is 1. The standard InChI is InChI=1S/C36H39N7O3/c44-35-33(30-23-29(43(45)46)16-17-31(30)39-35)34(27-10-8-25(9-11-27)7-6-20-41-18-4-5-19-41)38-28-14-12-26(13-15-28)32-24-37-36(40-32)42-21-2-1-3-22-42/h8-17,23-24,38H,1-7,18-22H2,(H,37,40)(H,39,44)/b34-33-. The van der Waals surface area contributed by atoms with E-state index in [2.05, 4.69) is 37.6 Å². The summed E-state index contributed by atoms with van der Waals surface area (Å²) in [5.74, 6) is 0.606. The number of benzene rings is 3. The van der Waals surface area contributed by atoms with E-state index in [1.807, 2.05) is 42.6 Å². The van der Waals surface area contributed by atoms with Crippen LogP contribution in [0.4, 0.5) is 23.0 Å². The highest BCUT2D eigenvalue weighted by Gasteiger charge is 2.30. The first-order valence-electron chi connectivity index (χ1n) is 16.4. The van der Waals surface area contributed by atoms with E-state index >= 15 is 0 Å². The molecule has 0 radical (unpaired) electrons. The molecule has 7 rings (SSSR count). The van der Waals surface area contributed by atoms with Crippen molar-refractivity contribution in [1.29, 1.82) is 0 Å². The largest absolute Gasteiger partial charge is 0.354 e. The molecule has 0 bridgehead atoms. The van der Waals surface area contributed by atoms with Crippen molar-refractivity contribution in [2.24, 2.45) is 0 Å². The summed E-state index contributed by atoms with van der Waals surface area (Å²) in [5.41, 5.74) is 6.70. The van der Waals surface area contributed by atoms with Gasteiger partial charge >= 0.3 is 0 Å². The molecule has 10 heteroatoms. The molecule has 2 fully saturated rings. The van der Waals surface area contributed by atoms with Crippen molar-refractivity contribution in [2.75, 3.05) is 48.3 Å². The van der Waals surface area contributed by atoms with Crippen molar-refractivity contribution in [3.8, 4) is 11.3 Å². The van der Waals surface area contributed by atoms with E-state index in [4.69, 9.17) is 4.98 Å². The Bertz CT molecular complexity index is 1750. The number of hydrogen-bond donors (Lipinski definition) is 3. The minimum absolute atomic E-state index is 0.0623. The number of carbonyl (C=O) groups is 1. The normalized spacial score (nSPS) is 17.6. The lowest BCUT2D eigenvalue weighted by atomic mass is 9.98. The van der Waals surface area contributed by atoms with Crippen molar-refractivity contribution < 1.29 is 9.72 Å². The molecule has 3 N–H and O–H groups in total. The Labute approximate surface area is 268 Å². The van der Waals surface area contributed by atoms with Gasteiger partial charge in [-0.3, -0.25) is 14.9 Å². The van der Waals surface area contributed by atoms with Crippen molar-refractivity contribution in [3.05, 3.63) is 99.7 Å². The number of fused-ring (bicyclic) bond motifs is 1. The number of anilines is 3. The van der Waals surface area contributed by atoms with E-state index in [0.29, 0.717) is 22.5 Å². The second kappa shape index (κ2) is 13.2. The number of nitrogens with zero attached hydrogens (tertiary/aromatic N) is 4. The van der Waals surface area contributed by atoms with Gasteiger partial charge < -0.3 is 25.4 Å². The fourth-order valence-corrected chi connectivity index (χ4v) is 6.74. The smallest absolute Gasteiger partial charge is 0.270 e. The molecule has 1 amide bonds. The number of nitro groups is 1. The first-order valence-corrected chi connectivity index (χ1v) is 16.4. The molecular formula is C36H39N7O3. The highest BCUT2D eigenvalue weighted by molar-refractivity contribution is 6.37. The molecule has 0 atom stereocenters. The minimum Gasteiger partial charge on any atom is -0.354 e. The van der Waals surface area contributed by atoms with Crippen LogP contribution >= 0.6 is 0 Å². The molecule has 3 aliphatic rings. The Morgan fingerprint density at radius 2 is 1.65 bits per heavy atom. The number of likely N-dealkylation sites (tertiary alicyclic amines) is 1. The number of nitrogens with one attached hydrogen (secondary N) is 3. The monoisotopic (exact) mass is 617 g/mol. The number of aromatic nitrogens is 2. The quantitative estimate of drug-likeness (QED) is 0.100. The SMILES string of the molecule is O=C1Nc2ccc([N+](=O)[O-])cc2/C1=C(/Nc1ccc(-c2c[nH]c(N3CCCCC3)n2)cc1)c1ccc(CCCN2CCCC2)cc1. The molecule has 10 nitrogen and oxygen atoms in total. The molecule has 0 unspecified atom stereocenters. The second-order valence-corrected chi connectivity index (χ2v) is 12.4. The zero-order valence-electron chi connectivity index (χ0n) is 25.9.